The molecule has 5 aliphatic heterocycles. The van der Waals surface area contributed by atoms with Crippen LogP contribution in [0, 0.1) is 11.3 Å². The van der Waals surface area contributed by atoms with Crippen LogP contribution in [0.25, 0.3) is 10.9 Å². The minimum atomic E-state index is -0.834. The number of aromatic amines is 1. The van der Waals surface area contributed by atoms with E-state index in [0.717, 1.165) is 38.9 Å². The third-order valence-corrected chi connectivity index (χ3v) is 12.1. The average Bonchev–Trinajstić information content (AvgIpc) is 3.49. The highest BCUT2D eigenvalue weighted by Gasteiger charge is 2.66. The summed E-state index contributed by atoms with van der Waals surface area (Å²) in [6, 6.07) is 9.71. The van der Waals surface area contributed by atoms with Gasteiger partial charge in [-0.15, -0.1) is 0 Å². The summed E-state index contributed by atoms with van der Waals surface area (Å²) >= 11 is 0. The van der Waals surface area contributed by atoms with Crippen LogP contribution in [-0.4, -0.2) is 82.2 Å². The standard InChI is InChI=1S/C37H50N4O/c1-39-22-17-29-28-15-9-10-16-32(28)38-33(29)34(39)30-25-37(42)19-11-5-2-3-6-12-20-40-23-18-31(30)36(26-40)24-27-14-8-4-7-13-21-41(27)35(36)37/h2,5,8-10,14-16,25,27,31,34-35,38,42H,3-4,6-7,11-13,17-24,26H2,1H3/b5-2-,14-8-/t27-,31-,34+,35+,36-,37-/m0/s1. The van der Waals surface area contributed by atoms with E-state index in [1.54, 1.807) is 0 Å². The third kappa shape index (κ3) is 4.33. The quantitative estimate of drug-likeness (QED) is 0.393. The summed E-state index contributed by atoms with van der Waals surface area (Å²) < 4.78 is 0. The maximum atomic E-state index is 13.2. The van der Waals surface area contributed by atoms with Crippen LogP contribution in [0.1, 0.15) is 81.5 Å². The van der Waals surface area contributed by atoms with Crippen LogP contribution in [0.5, 0.6) is 0 Å². The van der Waals surface area contributed by atoms with Gasteiger partial charge in [0.05, 0.1) is 17.7 Å². The molecule has 2 saturated heterocycles. The highest BCUT2D eigenvalue weighted by molar-refractivity contribution is 5.85. The molecular weight excluding hydrogens is 516 g/mol. The van der Waals surface area contributed by atoms with Crippen molar-refractivity contribution in [1.82, 2.24) is 19.7 Å². The largest absolute Gasteiger partial charge is 0.384 e. The van der Waals surface area contributed by atoms with E-state index in [2.05, 4.69) is 81.4 Å². The summed E-state index contributed by atoms with van der Waals surface area (Å²) in [6.45, 7) is 5.69. The molecule has 8 rings (SSSR count). The number of hydrogen-bond donors (Lipinski definition) is 2. The minimum absolute atomic E-state index is 0.0681. The summed E-state index contributed by atoms with van der Waals surface area (Å²) in [5.74, 6) is 0.492. The molecule has 0 saturated carbocycles. The fourth-order valence-electron chi connectivity index (χ4n) is 10.5. The molecule has 0 amide bonds. The lowest BCUT2D eigenvalue weighted by atomic mass is 9.54. The van der Waals surface area contributed by atoms with Gasteiger partial charge in [0.2, 0.25) is 0 Å². The molecule has 2 N–H and O–H groups in total. The number of aliphatic hydroxyl groups is 1. The van der Waals surface area contributed by atoms with Crippen molar-refractivity contribution in [3.63, 3.8) is 0 Å². The zero-order chi connectivity index (χ0) is 28.3. The Hall–Kier alpha value is -2.18. The van der Waals surface area contributed by atoms with Gasteiger partial charge in [-0.2, -0.15) is 0 Å². The fraction of sp³-hybridized carbons (Fsp3) is 0.622. The molecule has 5 heteroatoms. The van der Waals surface area contributed by atoms with Crippen LogP contribution in [0.4, 0.5) is 0 Å². The number of hydrogen-bond acceptors (Lipinski definition) is 4. The Morgan fingerprint density at radius 3 is 2.69 bits per heavy atom. The average molecular weight is 567 g/mol. The van der Waals surface area contributed by atoms with Gasteiger partial charge in [-0.05, 0) is 120 Å². The zero-order valence-electron chi connectivity index (χ0n) is 25.6. The van der Waals surface area contributed by atoms with Crippen molar-refractivity contribution in [1.29, 1.82) is 0 Å². The second-order valence-electron chi connectivity index (χ2n) is 14.5. The molecule has 1 unspecified atom stereocenters. The molecular formula is C37H50N4O. The first-order valence-corrected chi connectivity index (χ1v) is 17.1. The molecule has 2 fully saturated rings. The Bertz CT molecular complexity index is 1410. The number of nitrogens with zero attached hydrogens (tertiary/aromatic N) is 3. The van der Waals surface area contributed by atoms with Gasteiger partial charge in [0.15, 0.2) is 0 Å². The molecule has 1 aliphatic carbocycles. The maximum absolute atomic E-state index is 13.2. The Kier molecular flexibility index (Phi) is 7.02. The van der Waals surface area contributed by atoms with E-state index in [9.17, 15) is 5.11 Å². The van der Waals surface area contributed by atoms with Gasteiger partial charge >= 0.3 is 0 Å². The van der Waals surface area contributed by atoms with Crippen molar-refractivity contribution in [2.75, 3.05) is 39.8 Å². The van der Waals surface area contributed by atoms with E-state index in [1.807, 2.05) is 0 Å². The van der Waals surface area contributed by atoms with Gasteiger partial charge in [0.1, 0.15) is 0 Å². The van der Waals surface area contributed by atoms with Gasteiger partial charge in [0, 0.05) is 41.1 Å². The van der Waals surface area contributed by atoms with E-state index in [-0.39, 0.29) is 17.5 Å². The molecule has 42 heavy (non-hydrogen) atoms. The first-order valence-electron chi connectivity index (χ1n) is 17.1. The molecule has 1 spiro atoms. The number of nitrogens with one attached hydrogen (secondary N) is 1. The number of piperidine rings is 1. The molecule has 0 radical (unpaired) electrons. The molecule has 3 bridgehead atoms. The predicted octanol–water partition coefficient (Wildman–Crippen LogP) is 6.38. The molecule has 224 valence electrons. The summed E-state index contributed by atoms with van der Waals surface area (Å²) in [4.78, 5) is 12.1. The van der Waals surface area contributed by atoms with Gasteiger partial charge < -0.3 is 15.0 Å². The molecule has 2 aromatic rings. The van der Waals surface area contributed by atoms with E-state index >= 15 is 0 Å². The first kappa shape index (κ1) is 27.4. The van der Waals surface area contributed by atoms with Crippen LogP contribution in [-0.2, 0) is 6.42 Å². The molecule has 5 nitrogen and oxygen atoms in total. The van der Waals surface area contributed by atoms with Gasteiger partial charge in [0.25, 0.3) is 0 Å². The van der Waals surface area contributed by atoms with E-state index in [1.165, 1.54) is 92.2 Å². The lowest BCUT2D eigenvalue weighted by Crippen LogP contribution is -2.66. The number of H-pyrrole nitrogens is 1. The van der Waals surface area contributed by atoms with Crippen molar-refractivity contribution in [3.05, 3.63) is 71.5 Å². The Balaban J connectivity index is 1.32. The number of rotatable bonds is 1. The van der Waals surface area contributed by atoms with Gasteiger partial charge in [-0.25, -0.2) is 0 Å². The van der Waals surface area contributed by atoms with Crippen molar-refractivity contribution in [2.45, 2.75) is 94.4 Å². The summed E-state index contributed by atoms with van der Waals surface area (Å²) in [5, 5.41) is 14.6. The fourth-order valence-corrected chi connectivity index (χ4v) is 10.5. The van der Waals surface area contributed by atoms with Crippen LogP contribution >= 0.6 is 0 Å². The summed E-state index contributed by atoms with van der Waals surface area (Å²) in [5.41, 5.74) is 4.90. The summed E-state index contributed by atoms with van der Waals surface area (Å²) in [7, 11) is 2.33. The van der Waals surface area contributed by atoms with Gasteiger partial charge in [-0.3, -0.25) is 9.80 Å². The first-order chi connectivity index (χ1) is 20.6. The van der Waals surface area contributed by atoms with Crippen molar-refractivity contribution in [3.8, 4) is 0 Å². The molecule has 1 aromatic carbocycles. The van der Waals surface area contributed by atoms with Crippen LogP contribution in [0.3, 0.4) is 0 Å². The number of benzene rings is 1. The zero-order valence-corrected chi connectivity index (χ0v) is 25.6. The van der Waals surface area contributed by atoms with Crippen molar-refractivity contribution >= 4 is 10.9 Å². The second kappa shape index (κ2) is 10.8. The smallest absolute Gasteiger partial charge is 0.0994 e. The number of allylic oxidation sites excluding steroid dienone is 3. The topological polar surface area (TPSA) is 45.7 Å². The van der Waals surface area contributed by atoms with E-state index in [0.29, 0.717) is 12.0 Å². The highest BCUT2D eigenvalue weighted by atomic mass is 16.3. The highest BCUT2D eigenvalue weighted by Crippen LogP contribution is 2.62. The number of aromatic nitrogens is 1. The van der Waals surface area contributed by atoms with Crippen molar-refractivity contribution < 1.29 is 5.11 Å². The second-order valence-corrected chi connectivity index (χ2v) is 14.5. The minimum Gasteiger partial charge on any atom is -0.384 e. The third-order valence-electron chi connectivity index (χ3n) is 12.1. The summed E-state index contributed by atoms with van der Waals surface area (Å²) in [6.07, 6.45) is 24.9. The van der Waals surface area contributed by atoms with E-state index < -0.39 is 5.60 Å². The molecule has 6 aliphatic rings. The predicted molar refractivity (Wildman–Crippen MR) is 172 cm³/mol. The number of likely N-dealkylation sites (N-methyl/N-ethyl adjacent to an activating group) is 1. The van der Waals surface area contributed by atoms with Crippen LogP contribution in [0.15, 0.2) is 60.2 Å². The van der Waals surface area contributed by atoms with E-state index in [4.69, 9.17) is 0 Å². The number of fused-ring (bicyclic) bond motifs is 5. The SMILES string of the molecule is CN1CCc2c([nH]c3ccccc23)[C@H]1C1=C[C@@]2(O)CC/C=C\CCCCN3CC[C@@H]1[C@]1(C[C@@H]4/C=C\CCCCN4[C@H]12)C3. The Morgan fingerprint density at radius 1 is 0.929 bits per heavy atom. The Labute approximate surface area is 252 Å². The van der Waals surface area contributed by atoms with Crippen molar-refractivity contribution in [2.24, 2.45) is 11.3 Å². The van der Waals surface area contributed by atoms with Crippen LogP contribution in [0.2, 0.25) is 0 Å². The van der Waals surface area contributed by atoms with Gasteiger partial charge in [-0.1, -0.05) is 48.6 Å². The number of para-hydroxylation sites is 1. The molecule has 7 atom stereocenters. The monoisotopic (exact) mass is 566 g/mol. The normalized spacial score (nSPS) is 40.8. The molecule has 6 heterocycles. The maximum Gasteiger partial charge on any atom is 0.0994 e. The van der Waals surface area contributed by atoms with Crippen LogP contribution < -0.4 is 0 Å². The molecule has 1 aromatic heterocycles. The lowest BCUT2D eigenvalue weighted by Gasteiger charge is -2.59. The lowest BCUT2D eigenvalue weighted by molar-refractivity contribution is -0.0999. The Morgan fingerprint density at radius 2 is 1.76 bits per heavy atom.